The molecule has 8 nitrogen and oxygen atoms in total. The van der Waals surface area contributed by atoms with Crippen LogP contribution in [0.25, 0.3) is 11.3 Å². The van der Waals surface area contributed by atoms with Crippen molar-refractivity contribution in [2.24, 2.45) is 5.73 Å². The highest BCUT2D eigenvalue weighted by molar-refractivity contribution is 7.99. The molecule has 2 aromatic heterocycles. The standard InChI is InChI=1S/C27H26ClFN6O2S2/c28-21-5-1-2-6-25(21)39(36,37)35-19-11-12-24(22(29)16-19)38-26-20(4-3-14-31-26)23-13-15-32-27(34-23)33-18-9-7-17(30)8-10-18/h1-6,11-18,35H,7-10,30H2,(H,32,33,34). The van der Waals surface area contributed by atoms with Gasteiger partial charge in [0.15, 0.2) is 0 Å². The summed E-state index contributed by atoms with van der Waals surface area (Å²) in [6, 6.07) is 16.1. The molecule has 0 saturated heterocycles. The van der Waals surface area contributed by atoms with Gasteiger partial charge in [-0.2, -0.15) is 0 Å². The topological polar surface area (TPSA) is 123 Å². The second kappa shape index (κ2) is 11.9. The molecule has 0 atom stereocenters. The summed E-state index contributed by atoms with van der Waals surface area (Å²) in [6.07, 6.45) is 7.17. The van der Waals surface area contributed by atoms with Crippen molar-refractivity contribution in [1.82, 2.24) is 15.0 Å². The van der Waals surface area contributed by atoms with Gasteiger partial charge >= 0.3 is 0 Å². The highest BCUT2D eigenvalue weighted by Crippen LogP contribution is 2.36. The lowest BCUT2D eigenvalue weighted by Gasteiger charge is -2.26. The quantitative estimate of drug-likeness (QED) is 0.232. The second-order valence-electron chi connectivity index (χ2n) is 9.16. The number of anilines is 2. The van der Waals surface area contributed by atoms with Crippen LogP contribution in [0.4, 0.5) is 16.0 Å². The number of sulfonamides is 1. The molecule has 0 amide bonds. The number of nitrogens with one attached hydrogen (secondary N) is 2. The Bertz CT molecular complexity index is 1580. The zero-order chi connectivity index (χ0) is 27.4. The Morgan fingerprint density at radius 2 is 1.77 bits per heavy atom. The van der Waals surface area contributed by atoms with Crippen molar-refractivity contribution < 1.29 is 12.8 Å². The van der Waals surface area contributed by atoms with E-state index >= 15 is 4.39 Å². The molecule has 1 fully saturated rings. The Kier molecular flexibility index (Phi) is 8.31. The molecule has 12 heteroatoms. The molecule has 1 aliphatic carbocycles. The molecule has 1 aliphatic rings. The van der Waals surface area contributed by atoms with Crippen molar-refractivity contribution in [1.29, 1.82) is 0 Å². The Balaban J connectivity index is 1.34. The predicted molar refractivity (Wildman–Crippen MR) is 152 cm³/mol. The van der Waals surface area contributed by atoms with E-state index in [4.69, 9.17) is 17.3 Å². The fourth-order valence-corrected chi connectivity index (χ4v) is 6.78. The first kappa shape index (κ1) is 27.3. The van der Waals surface area contributed by atoms with Gasteiger partial charge in [0.05, 0.1) is 16.4 Å². The average Bonchev–Trinajstić information content (AvgIpc) is 2.92. The Morgan fingerprint density at radius 1 is 0.974 bits per heavy atom. The Hall–Kier alpha value is -3.25. The second-order valence-corrected chi connectivity index (χ2v) is 12.2. The molecule has 0 bridgehead atoms. The third-order valence-corrected chi connectivity index (χ3v) is 9.28. The number of pyridine rings is 1. The van der Waals surface area contributed by atoms with E-state index in [-0.39, 0.29) is 32.6 Å². The van der Waals surface area contributed by atoms with Gasteiger partial charge in [-0.25, -0.2) is 27.8 Å². The Labute approximate surface area is 235 Å². The normalized spacial score (nSPS) is 17.5. The van der Waals surface area contributed by atoms with Gasteiger partial charge in [-0.3, -0.25) is 4.72 Å². The summed E-state index contributed by atoms with van der Waals surface area (Å²) >= 11 is 7.15. The van der Waals surface area contributed by atoms with Crippen molar-refractivity contribution in [3.63, 3.8) is 0 Å². The summed E-state index contributed by atoms with van der Waals surface area (Å²) in [7, 11) is -3.99. The maximum atomic E-state index is 15.1. The number of hydrogen-bond donors (Lipinski definition) is 3. The average molecular weight is 585 g/mol. The molecular formula is C27H26ClFN6O2S2. The summed E-state index contributed by atoms with van der Waals surface area (Å²) < 4.78 is 42.9. The van der Waals surface area contributed by atoms with Crippen molar-refractivity contribution in [3.05, 3.63) is 83.9 Å². The van der Waals surface area contributed by atoms with E-state index in [1.807, 2.05) is 6.07 Å². The molecule has 2 aromatic carbocycles. The zero-order valence-corrected chi connectivity index (χ0v) is 23.1. The van der Waals surface area contributed by atoms with E-state index in [0.717, 1.165) is 49.1 Å². The smallest absolute Gasteiger partial charge is 0.263 e. The first-order valence-electron chi connectivity index (χ1n) is 12.3. The fourth-order valence-electron chi connectivity index (χ4n) is 4.32. The molecule has 0 spiro atoms. The van der Waals surface area contributed by atoms with E-state index in [1.165, 1.54) is 24.3 Å². The van der Waals surface area contributed by atoms with Crippen molar-refractivity contribution >= 4 is 45.0 Å². The van der Waals surface area contributed by atoms with Crippen molar-refractivity contribution in [3.8, 4) is 11.3 Å². The van der Waals surface area contributed by atoms with Gasteiger partial charge in [-0.15, -0.1) is 0 Å². The van der Waals surface area contributed by atoms with Crippen LogP contribution in [0.15, 0.2) is 87.9 Å². The molecular weight excluding hydrogens is 559 g/mol. The summed E-state index contributed by atoms with van der Waals surface area (Å²) in [5, 5.41) is 4.03. The number of nitrogens with two attached hydrogens (primary N) is 1. The van der Waals surface area contributed by atoms with Crippen LogP contribution >= 0.6 is 23.4 Å². The van der Waals surface area contributed by atoms with E-state index < -0.39 is 15.8 Å². The fraction of sp³-hybridized carbons (Fsp3) is 0.222. The number of hydrogen-bond acceptors (Lipinski definition) is 8. The minimum absolute atomic E-state index is 0.0753. The Morgan fingerprint density at radius 3 is 2.54 bits per heavy atom. The summed E-state index contributed by atoms with van der Waals surface area (Å²) in [6.45, 7) is 0. The number of rotatable bonds is 8. The summed E-state index contributed by atoms with van der Waals surface area (Å²) in [4.78, 5) is 13.7. The van der Waals surface area contributed by atoms with Gasteiger partial charge < -0.3 is 11.1 Å². The zero-order valence-electron chi connectivity index (χ0n) is 20.7. The minimum atomic E-state index is -3.99. The van der Waals surface area contributed by atoms with Crippen LogP contribution in [0.5, 0.6) is 0 Å². The van der Waals surface area contributed by atoms with E-state index in [2.05, 4.69) is 25.0 Å². The highest BCUT2D eigenvalue weighted by Gasteiger charge is 2.21. The van der Waals surface area contributed by atoms with Crippen molar-refractivity contribution in [2.45, 2.75) is 52.6 Å². The molecule has 1 saturated carbocycles. The van der Waals surface area contributed by atoms with Crippen LogP contribution in [-0.2, 0) is 10.0 Å². The summed E-state index contributed by atoms with van der Waals surface area (Å²) in [5.74, 6) is -0.0781. The van der Waals surface area contributed by atoms with Gasteiger partial charge in [-0.05, 0) is 74.2 Å². The molecule has 0 unspecified atom stereocenters. The van der Waals surface area contributed by atoms with Crippen LogP contribution in [0.3, 0.4) is 0 Å². The first-order valence-corrected chi connectivity index (χ1v) is 15.0. The van der Waals surface area contributed by atoms with Gasteiger partial charge in [-0.1, -0.05) is 35.5 Å². The number of benzene rings is 2. The molecule has 0 aliphatic heterocycles. The van der Waals surface area contributed by atoms with E-state index in [0.29, 0.717) is 16.7 Å². The maximum absolute atomic E-state index is 15.1. The van der Waals surface area contributed by atoms with Gasteiger partial charge in [0.1, 0.15) is 15.7 Å². The van der Waals surface area contributed by atoms with E-state index in [1.54, 1.807) is 36.7 Å². The molecule has 4 N–H and O–H groups in total. The molecule has 2 heterocycles. The first-order chi connectivity index (χ1) is 18.8. The van der Waals surface area contributed by atoms with Crippen molar-refractivity contribution in [2.75, 3.05) is 10.0 Å². The van der Waals surface area contributed by atoms with Gasteiger partial charge in [0.25, 0.3) is 10.0 Å². The van der Waals surface area contributed by atoms with Crippen LogP contribution < -0.4 is 15.8 Å². The molecule has 39 heavy (non-hydrogen) atoms. The number of aromatic nitrogens is 3. The molecule has 4 aromatic rings. The third kappa shape index (κ3) is 6.67. The third-order valence-electron chi connectivity index (χ3n) is 6.32. The maximum Gasteiger partial charge on any atom is 0.263 e. The van der Waals surface area contributed by atoms with Gasteiger partial charge in [0, 0.05) is 34.9 Å². The largest absolute Gasteiger partial charge is 0.351 e. The lowest BCUT2D eigenvalue weighted by atomic mass is 9.92. The number of nitrogens with zero attached hydrogens (tertiary/aromatic N) is 3. The number of halogens is 2. The van der Waals surface area contributed by atoms with Crippen LogP contribution in [0.1, 0.15) is 25.7 Å². The lowest BCUT2D eigenvalue weighted by molar-refractivity contribution is 0.410. The van der Waals surface area contributed by atoms with E-state index in [9.17, 15) is 8.42 Å². The monoisotopic (exact) mass is 584 g/mol. The van der Waals surface area contributed by atoms with Crippen LogP contribution in [0, 0.1) is 5.82 Å². The van der Waals surface area contributed by atoms with Gasteiger partial charge in [0.2, 0.25) is 5.95 Å². The predicted octanol–water partition coefficient (Wildman–Crippen LogP) is 5.96. The highest BCUT2D eigenvalue weighted by atomic mass is 35.5. The molecule has 0 radical (unpaired) electrons. The SMILES string of the molecule is NC1CCC(Nc2nccc(-c3cccnc3Sc3ccc(NS(=O)(=O)c4ccccc4Cl)cc3F)n2)CC1. The minimum Gasteiger partial charge on any atom is -0.351 e. The van der Waals surface area contributed by atoms with Crippen LogP contribution in [-0.4, -0.2) is 35.5 Å². The summed E-state index contributed by atoms with van der Waals surface area (Å²) in [5.41, 5.74) is 7.47. The lowest BCUT2D eigenvalue weighted by Crippen LogP contribution is -2.33. The molecule has 5 rings (SSSR count). The molecule has 202 valence electrons. The van der Waals surface area contributed by atoms with Crippen LogP contribution in [0.2, 0.25) is 5.02 Å².